The van der Waals surface area contributed by atoms with Gasteiger partial charge in [-0.3, -0.25) is 9.59 Å². The standard InChI is InChI=1S/C32H31N3O3S/c1-20-6-8-23(9-7-20)30-27-17-26(13-12-22(27)14-15-35(30)32(37)24-10-11-24)38-18-29-34-28(19-39-29)31(36)33-25-5-3-4-21(2)16-25/h3-9,12-13,16-17,19,24,30H,10-11,14-15,18H2,1-2H3,(H,33,36)/t30-/m1/s1. The van der Waals surface area contributed by atoms with Crippen LogP contribution >= 0.6 is 11.3 Å². The number of anilines is 1. The van der Waals surface area contributed by atoms with Crippen LogP contribution in [0.1, 0.15) is 62.2 Å². The maximum atomic E-state index is 13.3. The Labute approximate surface area is 232 Å². The van der Waals surface area contributed by atoms with Crippen LogP contribution in [0.25, 0.3) is 0 Å². The molecule has 1 N–H and O–H groups in total. The van der Waals surface area contributed by atoms with Gasteiger partial charge in [-0.15, -0.1) is 11.3 Å². The predicted octanol–water partition coefficient (Wildman–Crippen LogP) is 6.48. The molecule has 1 aliphatic heterocycles. The Kier molecular flexibility index (Phi) is 6.92. The zero-order valence-corrected chi connectivity index (χ0v) is 23.0. The van der Waals surface area contributed by atoms with Crippen LogP contribution in [0.3, 0.4) is 0 Å². The number of hydrogen-bond acceptors (Lipinski definition) is 5. The fourth-order valence-corrected chi connectivity index (χ4v) is 5.82. The maximum absolute atomic E-state index is 13.3. The monoisotopic (exact) mass is 537 g/mol. The molecule has 2 heterocycles. The van der Waals surface area contributed by atoms with Crippen molar-refractivity contribution in [3.05, 3.63) is 111 Å². The highest BCUT2D eigenvalue weighted by Gasteiger charge is 2.39. The normalized spacial score (nSPS) is 16.5. The first-order chi connectivity index (χ1) is 18.9. The number of ether oxygens (including phenoxy) is 1. The number of benzene rings is 3. The van der Waals surface area contributed by atoms with Gasteiger partial charge in [0.1, 0.15) is 23.1 Å². The van der Waals surface area contributed by atoms with Gasteiger partial charge in [-0.1, -0.05) is 48.0 Å². The van der Waals surface area contributed by atoms with Crippen molar-refractivity contribution in [3.63, 3.8) is 0 Å². The van der Waals surface area contributed by atoms with E-state index in [1.807, 2.05) is 37.3 Å². The minimum atomic E-state index is -0.238. The highest BCUT2D eigenvalue weighted by Crippen LogP contribution is 2.41. The molecule has 4 aromatic rings. The summed E-state index contributed by atoms with van der Waals surface area (Å²) in [5.41, 5.74) is 6.89. The minimum Gasteiger partial charge on any atom is -0.486 e. The Hall–Kier alpha value is -3.97. The quantitative estimate of drug-likeness (QED) is 0.293. The van der Waals surface area contributed by atoms with E-state index in [9.17, 15) is 9.59 Å². The van der Waals surface area contributed by atoms with Crippen LogP contribution in [0.5, 0.6) is 5.75 Å². The summed E-state index contributed by atoms with van der Waals surface area (Å²) in [6.07, 6.45) is 2.82. The fraction of sp³-hybridized carbons (Fsp3) is 0.281. The molecule has 1 aromatic heterocycles. The summed E-state index contributed by atoms with van der Waals surface area (Å²) < 4.78 is 6.16. The molecule has 6 rings (SSSR count). The van der Waals surface area contributed by atoms with E-state index in [1.165, 1.54) is 22.5 Å². The van der Waals surface area contributed by atoms with Gasteiger partial charge < -0.3 is 15.0 Å². The topological polar surface area (TPSA) is 71.5 Å². The van der Waals surface area contributed by atoms with Crippen molar-refractivity contribution < 1.29 is 14.3 Å². The molecule has 1 fully saturated rings. The molecule has 0 spiro atoms. The van der Waals surface area contributed by atoms with Crippen molar-refractivity contribution in [1.82, 2.24) is 9.88 Å². The van der Waals surface area contributed by atoms with Crippen molar-refractivity contribution in [2.45, 2.75) is 45.8 Å². The average molecular weight is 538 g/mol. The van der Waals surface area contributed by atoms with E-state index in [1.54, 1.807) is 5.38 Å². The van der Waals surface area contributed by atoms with Gasteiger partial charge in [0.05, 0.1) is 6.04 Å². The van der Waals surface area contributed by atoms with Gasteiger partial charge in [-0.25, -0.2) is 4.98 Å². The van der Waals surface area contributed by atoms with Gasteiger partial charge in [0.15, 0.2) is 0 Å². The molecule has 0 radical (unpaired) electrons. The van der Waals surface area contributed by atoms with E-state index >= 15 is 0 Å². The lowest BCUT2D eigenvalue weighted by atomic mass is 9.87. The highest BCUT2D eigenvalue weighted by molar-refractivity contribution is 7.09. The molecular weight excluding hydrogens is 506 g/mol. The lowest BCUT2D eigenvalue weighted by Crippen LogP contribution is -2.41. The van der Waals surface area contributed by atoms with Crippen molar-refractivity contribution in [1.29, 1.82) is 0 Å². The molecule has 7 heteroatoms. The zero-order chi connectivity index (χ0) is 26.9. The van der Waals surface area contributed by atoms with Crippen LogP contribution in [0, 0.1) is 19.8 Å². The second kappa shape index (κ2) is 10.7. The van der Waals surface area contributed by atoms with Crippen LogP contribution in [0.15, 0.2) is 72.1 Å². The molecule has 1 atom stereocenters. The number of thiazole rings is 1. The number of carbonyl (C=O) groups is 2. The number of rotatable bonds is 7. The Morgan fingerprint density at radius 2 is 1.85 bits per heavy atom. The third kappa shape index (κ3) is 5.59. The molecule has 1 saturated carbocycles. The number of aromatic nitrogens is 1. The number of nitrogens with one attached hydrogen (secondary N) is 1. The minimum absolute atomic E-state index is 0.122. The first kappa shape index (κ1) is 25.3. The molecule has 6 nitrogen and oxygen atoms in total. The molecule has 39 heavy (non-hydrogen) atoms. The van der Waals surface area contributed by atoms with E-state index in [0.29, 0.717) is 5.69 Å². The summed E-state index contributed by atoms with van der Waals surface area (Å²) >= 11 is 1.40. The average Bonchev–Trinajstić information content (AvgIpc) is 3.68. The second-order valence-corrected chi connectivity index (χ2v) is 11.4. The van der Waals surface area contributed by atoms with Gasteiger partial charge in [0, 0.05) is 23.5 Å². The van der Waals surface area contributed by atoms with Crippen molar-refractivity contribution in [2.24, 2.45) is 5.92 Å². The van der Waals surface area contributed by atoms with Crippen molar-refractivity contribution >= 4 is 28.8 Å². The smallest absolute Gasteiger partial charge is 0.275 e. The van der Waals surface area contributed by atoms with E-state index in [-0.39, 0.29) is 30.4 Å². The first-order valence-electron chi connectivity index (χ1n) is 13.4. The molecule has 1 aliphatic carbocycles. The molecule has 2 aliphatic rings. The number of fused-ring (bicyclic) bond motifs is 1. The van der Waals surface area contributed by atoms with Crippen LogP contribution in [-0.2, 0) is 17.8 Å². The highest BCUT2D eigenvalue weighted by atomic mass is 32.1. The Morgan fingerprint density at radius 3 is 2.62 bits per heavy atom. The zero-order valence-electron chi connectivity index (χ0n) is 22.1. The Balaban J connectivity index is 1.19. The number of amides is 2. The van der Waals surface area contributed by atoms with Crippen LogP contribution in [0.2, 0.25) is 0 Å². The molecule has 0 saturated heterocycles. The number of aryl methyl sites for hydroxylation is 2. The molecule has 2 amide bonds. The summed E-state index contributed by atoms with van der Waals surface area (Å²) in [5, 5.41) is 5.38. The molecule has 198 valence electrons. The first-order valence-corrected chi connectivity index (χ1v) is 14.3. The van der Waals surface area contributed by atoms with E-state index < -0.39 is 0 Å². The summed E-state index contributed by atoms with van der Waals surface area (Å²) in [4.78, 5) is 32.5. The van der Waals surface area contributed by atoms with E-state index in [2.05, 4.69) is 58.5 Å². The van der Waals surface area contributed by atoms with Gasteiger partial charge in [0.2, 0.25) is 5.91 Å². The van der Waals surface area contributed by atoms with Crippen LogP contribution in [0.4, 0.5) is 5.69 Å². The lowest BCUT2D eigenvalue weighted by molar-refractivity contribution is -0.134. The molecule has 0 unspecified atom stereocenters. The Morgan fingerprint density at radius 1 is 1.03 bits per heavy atom. The number of hydrogen-bond donors (Lipinski definition) is 1. The lowest BCUT2D eigenvalue weighted by Gasteiger charge is -2.38. The number of nitrogens with zero attached hydrogens (tertiary/aromatic N) is 2. The van der Waals surface area contributed by atoms with Crippen molar-refractivity contribution in [3.8, 4) is 5.75 Å². The summed E-state index contributed by atoms with van der Waals surface area (Å²) in [6.45, 7) is 5.06. The maximum Gasteiger partial charge on any atom is 0.275 e. The number of carbonyl (C=O) groups excluding carboxylic acids is 2. The summed E-state index contributed by atoms with van der Waals surface area (Å²) in [6, 6.07) is 22.2. The van der Waals surface area contributed by atoms with Gasteiger partial charge in [-0.05, 0) is 79.6 Å². The molecule has 0 bridgehead atoms. The summed E-state index contributed by atoms with van der Waals surface area (Å²) in [7, 11) is 0. The predicted molar refractivity (Wildman–Crippen MR) is 153 cm³/mol. The fourth-order valence-electron chi connectivity index (χ4n) is 5.14. The van der Waals surface area contributed by atoms with E-state index in [4.69, 9.17) is 4.74 Å². The summed E-state index contributed by atoms with van der Waals surface area (Å²) in [5.74, 6) is 0.920. The van der Waals surface area contributed by atoms with Crippen LogP contribution < -0.4 is 10.1 Å². The van der Waals surface area contributed by atoms with Crippen molar-refractivity contribution in [2.75, 3.05) is 11.9 Å². The second-order valence-electron chi connectivity index (χ2n) is 10.5. The Bertz CT molecular complexity index is 1520. The third-order valence-electron chi connectivity index (χ3n) is 7.37. The molecule has 3 aromatic carbocycles. The third-order valence-corrected chi connectivity index (χ3v) is 8.19. The largest absolute Gasteiger partial charge is 0.486 e. The van der Waals surface area contributed by atoms with Gasteiger partial charge >= 0.3 is 0 Å². The molecular formula is C32H31N3O3S. The SMILES string of the molecule is Cc1ccc([C@@H]2c3cc(OCc4nc(C(=O)Nc5cccc(C)c5)cs4)ccc3CCN2C(=O)C2CC2)cc1. The van der Waals surface area contributed by atoms with E-state index in [0.717, 1.165) is 58.9 Å². The van der Waals surface area contributed by atoms with Gasteiger partial charge in [-0.2, -0.15) is 0 Å². The van der Waals surface area contributed by atoms with Crippen LogP contribution in [-0.4, -0.2) is 28.2 Å². The van der Waals surface area contributed by atoms with Gasteiger partial charge in [0.25, 0.3) is 5.91 Å².